The van der Waals surface area contributed by atoms with Crippen LogP contribution in [0.2, 0.25) is 0 Å². The number of rotatable bonds is 4. The third-order valence-electron chi connectivity index (χ3n) is 3.14. The average Bonchev–Trinajstić information content (AvgIpc) is 2.39. The number of aliphatic hydroxyl groups is 3. The lowest BCUT2D eigenvalue weighted by Gasteiger charge is -2.27. The highest BCUT2D eigenvalue weighted by Gasteiger charge is 2.44. The Hall–Kier alpha value is -0.160. The maximum Gasteiger partial charge on any atom is 0.0991 e. The minimum Gasteiger partial charge on any atom is -0.395 e. The van der Waals surface area contributed by atoms with E-state index in [2.05, 4.69) is 6.92 Å². The van der Waals surface area contributed by atoms with Crippen molar-refractivity contribution in [2.24, 2.45) is 0 Å². The fourth-order valence-corrected chi connectivity index (χ4v) is 2.13. The number of hydrogen-bond donors (Lipinski definition) is 3. The molecule has 4 unspecified atom stereocenters. The lowest BCUT2D eigenvalue weighted by Crippen LogP contribution is -2.41. The molecule has 1 aliphatic rings. The van der Waals surface area contributed by atoms with E-state index in [1.54, 1.807) is 0 Å². The summed E-state index contributed by atoms with van der Waals surface area (Å²) in [6.07, 6.45) is 0.560. The minimum absolute atomic E-state index is 0.0614. The van der Waals surface area contributed by atoms with E-state index in [9.17, 15) is 10.2 Å². The number of likely N-dealkylation sites (tertiary alicyclic amines) is 1. The standard InChI is InChI=1S/C10H21NO3/c1-3-4-5-11-7(2)9(13)10(14)8(11)6-12/h7-10,12-14H,3-6H2,1-2H3. The Morgan fingerprint density at radius 2 is 1.86 bits per heavy atom. The molecular formula is C10H21NO3. The maximum atomic E-state index is 9.65. The van der Waals surface area contributed by atoms with Crippen molar-refractivity contribution in [1.29, 1.82) is 0 Å². The van der Waals surface area contributed by atoms with E-state index in [1.807, 2.05) is 11.8 Å². The summed E-state index contributed by atoms with van der Waals surface area (Å²) >= 11 is 0. The molecule has 1 aliphatic heterocycles. The first kappa shape index (κ1) is 11.9. The van der Waals surface area contributed by atoms with E-state index in [1.165, 1.54) is 0 Å². The molecule has 0 bridgehead atoms. The van der Waals surface area contributed by atoms with Crippen LogP contribution in [-0.4, -0.2) is 57.7 Å². The zero-order valence-corrected chi connectivity index (χ0v) is 8.93. The number of aliphatic hydroxyl groups excluding tert-OH is 3. The van der Waals surface area contributed by atoms with E-state index >= 15 is 0 Å². The second-order valence-corrected chi connectivity index (χ2v) is 4.06. The van der Waals surface area contributed by atoms with Crippen LogP contribution >= 0.6 is 0 Å². The second-order valence-electron chi connectivity index (χ2n) is 4.06. The molecule has 4 atom stereocenters. The Morgan fingerprint density at radius 1 is 1.21 bits per heavy atom. The molecule has 4 nitrogen and oxygen atoms in total. The van der Waals surface area contributed by atoms with Gasteiger partial charge in [-0.3, -0.25) is 4.90 Å². The van der Waals surface area contributed by atoms with Crippen molar-refractivity contribution in [2.45, 2.75) is 51.0 Å². The second kappa shape index (κ2) is 5.07. The van der Waals surface area contributed by atoms with Crippen molar-refractivity contribution in [3.8, 4) is 0 Å². The van der Waals surface area contributed by atoms with Crippen LogP contribution in [0.25, 0.3) is 0 Å². The van der Waals surface area contributed by atoms with Crippen molar-refractivity contribution >= 4 is 0 Å². The van der Waals surface area contributed by atoms with Crippen LogP contribution < -0.4 is 0 Å². The molecule has 0 spiro atoms. The normalized spacial score (nSPS) is 39.2. The molecule has 0 aromatic rings. The Labute approximate surface area is 85.2 Å². The van der Waals surface area contributed by atoms with Gasteiger partial charge in [-0.25, -0.2) is 0 Å². The van der Waals surface area contributed by atoms with E-state index in [0.29, 0.717) is 0 Å². The van der Waals surface area contributed by atoms with Gasteiger partial charge < -0.3 is 15.3 Å². The summed E-state index contributed by atoms with van der Waals surface area (Å²) in [4.78, 5) is 2.00. The van der Waals surface area contributed by atoms with E-state index < -0.39 is 12.2 Å². The van der Waals surface area contributed by atoms with Crippen LogP contribution in [0.1, 0.15) is 26.7 Å². The fourth-order valence-electron chi connectivity index (χ4n) is 2.13. The van der Waals surface area contributed by atoms with Crippen molar-refractivity contribution in [2.75, 3.05) is 13.2 Å². The van der Waals surface area contributed by atoms with Gasteiger partial charge in [0.15, 0.2) is 0 Å². The van der Waals surface area contributed by atoms with Gasteiger partial charge in [-0.1, -0.05) is 13.3 Å². The molecule has 3 N–H and O–H groups in total. The van der Waals surface area contributed by atoms with Crippen molar-refractivity contribution < 1.29 is 15.3 Å². The predicted molar refractivity (Wildman–Crippen MR) is 54.0 cm³/mol. The SMILES string of the molecule is CCCCN1C(C)C(O)C(O)C1CO. The first-order valence-electron chi connectivity index (χ1n) is 5.36. The molecule has 14 heavy (non-hydrogen) atoms. The van der Waals surface area contributed by atoms with Gasteiger partial charge >= 0.3 is 0 Å². The highest BCUT2D eigenvalue weighted by molar-refractivity contribution is 4.98. The molecule has 0 radical (unpaired) electrons. The summed E-state index contributed by atoms with van der Waals surface area (Å²) in [6, 6.07) is -0.361. The Morgan fingerprint density at radius 3 is 2.36 bits per heavy atom. The molecule has 0 aromatic carbocycles. The molecule has 0 amide bonds. The third-order valence-corrected chi connectivity index (χ3v) is 3.14. The topological polar surface area (TPSA) is 63.9 Å². The van der Waals surface area contributed by atoms with Gasteiger partial charge in [-0.15, -0.1) is 0 Å². The molecule has 0 saturated carbocycles. The summed E-state index contributed by atoms with van der Waals surface area (Å²) in [5.74, 6) is 0. The quantitative estimate of drug-likeness (QED) is 0.580. The number of unbranched alkanes of at least 4 members (excludes halogenated alkanes) is 1. The third kappa shape index (κ3) is 2.08. The van der Waals surface area contributed by atoms with Gasteiger partial charge in [0.25, 0.3) is 0 Å². The van der Waals surface area contributed by atoms with Crippen LogP contribution in [0.4, 0.5) is 0 Å². The summed E-state index contributed by atoms with van der Waals surface area (Å²) in [7, 11) is 0. The Kier molecular flexibility index (Phi) is 4.31. The van der Waals surface area contributed by atoms with E-state index in [0.717, 1.165) is 19.4 Å². The van der Waals surface area contributed by atoms with Crippen molar-refractivity contribution in [1.82, 2.24) is 4.90 Å². The van der Waals surface area contributed by atoms with Gasteiger partial charge in [0.1, 0.15) is 0 Å². The summed E-state index contributed by atoms with van der Waals surface area (Å²) in [5, 5.41) is 28.4. The van der Waals surface area contributed by atoms with Crippen LogP contribution in [0.5, 0.6) is 0 Å². The largest absolute Gasteiger partial charge is 0.395 e. The van der Waals surface area contributed by atoms with Gasteiger partial charge in [-0.05, 0) is 19.9 Å². The zero-order chi connectivity index (χ0) is 10.7. The molecule has 1 fully saturated rings. The van der Waals surface area contributed by atoms with Crippen molar-refractivity contribution in [3.05, 3.63) is 0 Å². The summed E-state index contributed by atoms with van der Waals surface area (Å²) in [6.45, 7) is 4.73. The molecule has 1 heterocycles. The highest BCUT2D eigenvalue weighted by Crippen LogP contribution is 2.25. The van der Waals surface area contributed by atoms with Crippen LogP contribution in [0.3, 0.4) is 0 Å². The van der Waals surface area contributed by atoms with Crippen LogP contribution in [0, 0.1) is 0 Å². The van der Waals surface area contributed by atoms with E-state index in [-0.39, 0.29) is 18.7 Å². The highest BCUT2D eigenvalue weighted by atomic mass is 16.3. The Bertz CT molecular complexity index is 177. The van der Waals surface area contributed by atoms with Gasteiger partial charge in [-0.2, -0.15) is 0 Å². The van der Waals surface area contributed by atoms with Gasteiger partial charge in [0.05, 0.1) is 24.9 Å². The monoisotopic (exact) mass is 203 g/mol. The zero-order valence-electron chi connectivity index (χ0n) is 8.93. The fraction of sp³-hybridized carbons (Fsp3) is 1.00. The number of hydrogen-bond acceptors (Lipinski definition) is 4. The molecular weight excluding hydrogens is 182 g/mol. The van der Waals surface area contributed by atoms with E-state index in [4.69, 9.17) is 5.11 Å². The molecule has 84 valence electrons. The maximum absolute atomic E-state index is 9.65. The van der Waals surface area contributed by atoms with Crippen LogP contribution in [0.15, 0.2) is 0 Å². The minimum atomic E-state index is -0.813. The smallest absolute Gasteiger partial charge is 0.0991 e. The van der Waals surface area contributed by atoms with Gasteiger partial charge in [0.2, 0.25) is 0 Å². The lowest BCUT2D eigenvalue weighted by molar-refractivity contribution is 0.0189. The first-order valence-corrected chi connectivity index (χ1v) is 5.36. The predicted octanol–water partition coefficient (Wildman–Crippen LogP) is -0.427. The average molecular weight is 203 g/mol. The van der Waals surface area contributed by atoms with Gasteiger partial charge in [0, 0.05) is 6.04 Å². The Balaban J connectivity index is 2.61. The van der Waals surface area contributed by atoms with Crippen LogP contribution in [-0.2, 0) is 0 Å². The molecule has 1 saturated heterocycles. The first-order chi connectivity index (χ1) is 6.63. The molecule has 1 rings (SSSR count). The molecule has 0 aliphatic carbocycles. The number of nitrogens with zero attached hydrogens (tertiary/aromatic N) is 1. The summed E-state index contributed by atoms with van der Waals surface area (Å²) < 4.78 is 0. The van der Waals surface area contributed by atoms with Crippen molar-refractivity contribution in [3.63, 3.8) is 0 Å². The molecule has 4 heteroatoms. The summed E-state index contributed by atoms with van der Waals surface area (Å²) in [5.41, 5.74) is 0. The molecule has 0 aromatic heterocycles. The lowest BCUT2D eigenvalue weighted by atomic mass is 10.1.